The van der Waals surface area contributed by atoms with Crippen LogP contribution in [0.4, 0.5) is 5.69 Å². The van der Waals surface area contributed by atoms with Gasteiger partial charge in [-0.2, -0.15) is 0 Å². The highest BCUT2D eigenvalue weighted by molar-refractivity contribution is 9.10. The minimum absolute atomic E-state index is 0.0532. The zero-order valence-corrected chi connectivity index (χ0v) is 14.3. The Hall–Kier alpha value is -2.32. The minimum Gasteiger partial charge on any atom is -0.329 e. The molecule has 2 heterocycles. The van der Waals surface area contributed by atoms with Crippen LogP contribution in [0.3, 0.4) is 0 Å². The van der Waals surface area contributed by atoms with E-state index in [4.69, 9.17) is 0 Å². The molecule has 1 amide bonds. The van der Waals surface area contributed by atoms with Gasteiger partial charge in [0, 0.05) is 48.6 Å². The number of piperazine rings is 1. The topological polar surface area (TPSA) is 88.4 Å². The number of rotatable bonds is 3. The number of benzene rings is 1. The van der Waals surface area contributed by atoms with E-state index in [0.29, 0.717) is 29.7 Å². The zero-order valence-electron chi connectivity index (χ0n) is 12.7. The van der Waals surface area contributed by atoms with Gasteiger partial charge in [0.15, 0.2) is 0 Å². The number of nitro benzene ring substituents is 1. The van der Waals surface area contributed by atoms with Gasteiger partial charge >= 0.3 is 0 Å². The van der Waals surface area contributed by atoms with Gasteiger partial charge in [-0.25, -0.2) is 0 Å². The number of nitrogens with zero attached hydrogens (tertiary/aromatic N) is 3. The van der Waals surface area contributed by atoms with E-state index in [1.807, 2.05) is 12.1 Å². The van der Waals surface area contributed by atoms with Crippen molar-refractivity contribution in [2.45, 2.75) is 6.04 Å². The highest BCUT2D eigenvalue weighted by Gasteiger charge is 2.30. The van der Waals surface area contributed by atoms with Crippen molar-refractivity contribution in [3.63, 3.8) is 0 Å². The Kier molecular flexibility index (Phi) is 4.86. The van der Waals surface area contributed by atoms with Crippen LogP contribution in [0.15, 0.2) is 47.2 Å². The van der Waals surface area contributed by atoms with Gasteiger partial charge in [0.2, 0.25) is 0 Å². The first-order valence-corrected chi connectivity index (χ1v) is 8.23. The van der Waals surface area contributed by atoms with Gasteiger partial charge < -0.3 is 10.2 Å². The summed E-state index contributed by atoms with van der Waals surface area (Å²) in [6.45, 7) is 1.90. The van der Waals surface area contributed by atoms with Crippen LogP contribution < -0.4 is 5.32 Å². The van der Waals surface area contributed by atoms with E-state index in [1.165, 1.54) is 18.2 Å². The van der Waals surface area contributed by atoms with Crippen molar-refractivity contribution in [3.8, 4) is 0 Å². The molecule has 0 radical (unpaired) electrons. The fraction of sp³-hybridized carbons (Fsp3) is 0.250. The molecule has 1 aliphatic rings. The second-order valence-electron chi connectivity index (χ2n) is 5.43. The number of hydrogen-bond acceptors (Lipinski definition) is 5. The van der Waals surface area contributed by atoms with Crippen LogP contribution in [0, 0.1) is 10.1 Å². The molecule has 1 unspecified atom stereocenters. The van der Waals surface area contributed by atoms with Crippen LogP contribution in [0.1, 0.15) is 22.0 Å². The fourth-order valence-electron chi connectivity index (χ4n) is 2.76. The Balaban J connectivity index is 1.91. The molecule has 1 atom stereocenters. The maximum absolute atomic E-state index is 13.0. The van der Waals surface area contributed by atoms with Crippen molar-refractivity contribution < 1.29 is 9.72 Å². The lowest BCUT2D eigenvalue weighted by Gasteiger charge is -2.36. The molecule has 0 spiro atoms. The normalized spacial score (nSPS) is 17.5. The summed E-state index contributed by atoms with van der Waals surface area (Å²) in [4.78, 5) is 29.2. The molecule has 8 heteroatoms. The number of halogens is 1. The van der Waals surface area contributed by atoms with E-state index in [0.717, 1.165) is 5.56 Å². The number of amides is 1. The van der Waals surface area contributed by atoms with E-state index in [2.05, 4.69) is 26.2 Å². The lowest BCUT2D eigenvalue weighted by Crippen LogP contribution is -2.48. The number of hydrogen-bond donors (Lipinski definition) is 1. The molecule has 1 aliphatic heterocycles. The molecule has 0 bridgehead atoms. The van der Waals surface area contributed by atoms with Crippen molar-refractivity contribution in [1.82, 2.24) is 15.2 Å². The van der Waals surface area contributed by atoms with Gasteiger partial charge in [-0.1, -0.05) is 6.07 Å². The van der Waals surface area contributed by atoms with Crippen molar-refractivity contribution in [1.29, 1.82) is 0 Å². The summed E-state index contributed by atoms with van der Waals surface area (Å²) in [6, 6.07) is 7.85. The van der Waals surface area contributed by atoms with E-state index >= 15 is 0 Å². The van der Waals surface area contributed by atoms with Crippen LogP contribution in [0.25, 0.3) is 0 Å². The van der Waals surface area contributed by atoms with Gasteiger partial charge in [-0.3, -0.25) is 19.9 Å². The van der Waals surface area contributed by atoms with Crippen molar-refractivity contribution in [2.24, 2.45) is 0 Å². The highest BCUT2D eigenvalue weighted by Crippen LogP contribution is 2.28. The Bertz CT molecular complexity index is 769. The number of aromatic nitrogens is 1. The van der Waals surface area contributed by atoms with Crippen molar-refractivity contribution >= 4 is 27.5 Å². The second-order valence-corrected chi connectivity index (χ2v) is 6.28. The third-order valence-electron chi connectivity index (χ3n) is 3.97. The molecule has 24 heavy (non-hydrogen) atoms. The number of pyridine rings is 1. The summed E-state index contributed by atoms with van der Waals surface area (Å²) in [5, 5.41) is 14.1. The average molecular weight is 391 g/mol. The molecule has 1 N–H and O–H groups in total. The van der Waals surface area contributed by atoms with Gasteiger partial charge in [-0.15, -0.1) is 0 Å². The summed E-state index contributed by atoms with van der Waals surface area (Å²) in [5.74, 6) is -0.160. The van der Waals surface area contributed by atoms with Crippen LogP contribution >= 0.6 is 15.9 Å². The average Bonchev–Trinajstić information content (AvgIpc) is 2.61. The largest absolute Gasteiger partial charge is 0.329 e. The van der Waals surface area contributed by atoms with Gasteiger partial charge in [0.25, 0.3) is 11.6 Å². The van der Waals surface area contributed by atoms with Crippen LogP contribution in [0.5, 0.6) is 0 Å². The Morgan fingerprint density at radius 3 is 2.92 bits per heavy atom. The fourth-order valence-corrected chi connectivity index (χ4v) is 3.30. The molecule has 1 fully saturated rings. The first-order chi connectivity index (χ1) is 11.6. The smallest absolute Gasteiger partial charge is 0.270 e. The van der Waals surface area contributed by atoms with E-state index in [-0.39, 0.29) is 17.6 Å². The molecule has 0 saturated carbocycles. The third-order valence-corrected chi connectivity index (χ3v) is 4.62. The standard InChI is InChI=1S/C16H15BrN4O3/c17-14-8-12(21(23)24)3-4-13(14)16(22)20-7-6-19-10-15(20)11-2-1-5-18-9-11/h1-5,8-9,15,19H,6-7,10H2. The van der Waals surface area contributed by atoms with E-state index in [9.17, 15) is 14.9 Å². The quantitative estimate of drug-likeness (QED) is 0.642. The molecule has 7 nitrogen and oxygen atoms in total. The molecule has 124 valence electrons. The maximum atomic E-state index is 13.0. The Labute approximate surface area is 147 Å². The number of non-ortho nitro benzene ring substituents is 1. The van der Waals surface area contributed by atoms with E-state index < -0.39 is 4.92 Å². The third kappa shape index (κ3) is 3.29. The molecular weight excluding hydrogens is 376 g/mol. The molecular formula is C16H15BrN4O3. The molecule has 3 rings (SSSR count). The molecule has 1 aromatic heterocycles. The monoisotopic (exact) mass is 390 g/mol. The molecule has 1 aromatic carbocycles. The summed E-state index contributed by atoms with van der Waals surface area (Å²) in [6.07, 6.45) is 3.45. The molecule has 0 aliphatic carbocycles. The molecule has 1 saturated heterocycles. The first kappa shape index (κ1) is 16.5. The first-order valence-electron chi connectivity index (χ1n) is 7.43. The SMILES string of the molecule is O=C(c1ccc([N+](=O)[O-])cc1Br)N1CCNCC1c1cccnc1. The predicted molar refractivity (Wildman–Crippen MR) is 91.7 cm³/mol. The van der Waals surface area contributed by atoms with Crippen LogP contribution in [-0.4, -0.2) is 40.3 Å². The summed E-state index contributed by atoms with van der Waals surface area (Å²) < 4.78 is 0.421. The zero-order chi connectivity index (χ0) is 17.1. The van der Waals surface area contributed by atoms with Crippen molar-refractivity contribution in [3.05, 3.63) is 68.4 Å². The number of nitrogens with one attached hydrogen (secondary N) is 1. The number of carbonyl (C=O) groups is 1. The van der Waals surface area contributed by atoms with Crippen LogP contribution in [0.2, 0.25) is 0 Å². The van der Waals surface area contributed by atoms with Crippen LogP contribution in [-0.2, 0) is 0 Å². The highest BCUT2D eigenvalue weighted by atomic mass is 79.9. The summed E-state index contributed by atoms with van der Waals surface area (Å²) in [7, 11) is 0. The lowest BCUT2D eigenvalue weighted by molar-refractivity contribution is -0.384. The number of nitro groups is 1. The van der Waals surface area contributed by atoms with Crippen molar-refractivity contribution in [2.75, 3.05) is 19.6 Å². The molecule has 2 aromatic rings. The van der Waals surface area contributed by atoms with Gasteiger partial charge in [0.05, 0.1) is 16.5 Å². The van der Waals surface area contributed by atoms with Gasteiger partial charge in [0.1, 0.15) is 0 Å². The second kappa shape index (κ2) is 7.06. The minimum atomic E-state index is -0.484. The van der Waals surface area contributed by atoms with Gasteiger partial charge in [-0.05, 0) is 33.6 Å². The lowest BCUT2D eigenvalue weighted by atomic mass is 10.0. The predicted octanol–water partition coefficient (Wildman–Crippen LogP) is 2.54. The summed E-state index contributed by atoms with van der Waals surface area (Å²) >= 11 is 3.28. The number of carbonyl (C=O) groups excluding carboxylic acids is 1. The Morgan fingerprint density at radius 1 is 1.42 bits per heavy atom. The summed E-state index contributed by atoms with van der Waals surface area (Å²) in [5.41, 5.74) is 1.31. The van der Waals surface area contributed by atoms with E-state index in [1.54, 1.807) is 17.3 Å². The Morgan fingerprint density at radius 2 is 2.25 bits per heavy atom. The maximum Gasteiger partial charge on any atom is 0.270 e.